The van der Waals surface area contributed by atoms with Crippen molar-refractivity contribution in [2.24, 2.45) is 5.73 Å². The molecule has 0 aliphatic carbocycles. The molecule has 2 rings (SSSR count). The second-order valence-electron chi connectivity index (χ2n) is 5.82. The van der Waals surface area contributed by atoms with E-state index in [-0.39, 0.29) is 23.7 Å². The van der Waals surface area contributed by atoms with E-state index in [1.807, 2.05) is 19.1 Å². The highest BCUT2D eigenvalue weighted by atomic mass is 16.2. The molecule has 0 saturated carbocycles. The van der Waals surface area contributed by atoms with Crippen LogP contribution in [-0.4, -0.2) is 35.1 Å². The van der Waals surface area contributed by atoms with E-state index < -0.39 is 0 Å². The second kappa shape index (κ2) is 7.76. The maximum Gasteiger partial charge on any atom is 0.243 e. The molecule has 0 aromatic heterocycles. The van der Waals surface area contributed by atoms with Crippen molar-refractivity contribution in [2.75, 3.05) is 6.54 Å². The molecule has 0 radical (unpaired) electrons. The number of amidine groups is 1. The molecule has 1 saturated heterocycles. The maximum atomic E-state index is 12.4. The molecule has 1 unspecified atom stereocenters. The number of carbonyl (C=O) groups is 2. The smallest absolute Gasteiger partial charge is 0.243 e. The summed E-state index contributed by atoms with van der Waals surface area (Å²) >= 11 is 0. The van der Waals surface area contributed by atoms with Gasteiger partial charge >= 0.3 is 0 Å². The van der Waals surface area contributed by atoms with E-state index in [0.717, 1.165) is 24.8 Å². The van der Waals surface area contributed by atoms with Gasteiger partial charge in [0.1, 0.15) is 11.9 Å². The number of nitrogens with two attached hydrogens (primary N) is 1. The van der Waals surface area contributed by atoms with E-state index in [2.05, 4.69) is 5.32 Å². The Balaban J connectivity index is 1.91. The summed E-state index contributed by atoms with van der Waals surface area (Å²) in [6.07, 6.45) is 2.90. The Labute approximate surface area is 136 Å². The first kappa shape index (κ1) is 17.0. The SMILES string of the molecule is CCCC(=O)N1CCCC1C(=O)NCc1ccc(C(=N)N)cc1. The van der Waals surface area contributed by atoms with Crippen LogP contribution < -0.4 is 11.1 Å². The van der Waals surface area contributed by atoms with Crippen molar-refractivity contribution in [1.82, 2.24) is 10.2 Å². The van der Waals surface area contributed by atoms with Crippen LogP contribution in [-0.2, 0) is 16.1 Å². The van der Waals surface area contributed by atoms with Crippen LogP contribution in [0.3, 0.4) is 0 Å². The molecular formula is C17H24N4O2. The van der Waals surface area contributed by atoms with E-state index in [1.54, 1.807) is 17.0 Å². The summed E-state index contributed by atoms with van der Waals surface area (Å²) in [6.45, 7) is 3.04. The minimum atomic E-state index is -0.342. The fourth-order valence-electron chi connectivity index (χ4n) is 2.80. The van der Waals surface area contributed by atoms with Gasteiger partial charge in [0.05, 0.1) is 0 Å². The Morgan fingerprint density at radius 2 is 2.04 bits per heavy atom. The van der Waals surface area contributed by atoms with Crippen LogP contribution in [0.1, 0.15) is 43.7 Å². The van der Waals surface area contributed by atoms with Crippen molar-refractivity contribution in [3.05, 3.63) is 35.4 Å². The second-order valence-corrected chi connectivity index (χ2v) is 5.82. The highest BCUT2D eigenvalue weighted by Crippen LogP contribution is 2.19. The number of carbonyl (C=O) groups excluding carboxylic acids is 2. The summed E-state index contributed by atoms with van der Waals surface area (Å²) in [7, 11) is 0. The molecule has 1 atom stereocenters. The van der Waals surface area contributed by atoms with E-state index in [4.69, 9.17) is 11.1 Å². The molecule has 0 bridgehead atoms. The molecule has 1 aliphatic rings. The van der Waals surface area contributed by atoms with Gasteiger partial charge in [-0.15, -0.1) is 0 Å². The molecule has 6 heteroatoms. The number of rotatable bonds is 6. The number of hydrogen-bond acceptors (Lipinski definition) is 3. The van der Waals surface area contributed by atoms with Crippen molar-refractivity contribution in [3.63, 3.8) is 0 Å². The number of benzene rings is 1. The monoisotopic (exact) mass is 316 g/mol. The van der Waals surface area contributed by atoms with Crippen molar-refractivity contribution >= 4 is 17.6 Å². The molecule has 1 aromatic rings. The Morgan fingerprint density at radius 3 is 2.65 bits per heavy atom. The molecule has 6 nitrogen and oxygen atoms in total. The van der Waals surface area contributed by atoms with Crippen LogP contribution in [0.2, 0.25) is 0 Å². The predicted octanol–water partition coefficient (Wildman–Crippen LogP) is 1.38. The van der Waals surface area contributed by atoms with Gasteiger partial charge in [0.15, 0.2) is 0 Å². The van der Waals surface area contributed by atoms with Crippen molar-refractivity contribution in [3.8, 4) is 0 Å². The van der Waals surface area contributed by atoms with Crippen molar-refractivity contribution in [1.29, 1.82) is 5.41 Å². The minimum absolute atomic E-state index is 0.0246. The molecular weight excluding hydrogens is 292 g/mol. The Kier molecular flexibility index (Phi) is 5.73. The Morgan fingerprint density at radius 1 is 1.35 bits per heavy atom. The number of nitrogen functional groups attached to an aromatic ring is 1. The van der Waals surface area contributed by atoms with E-state index in [1.165, 1.54) is 0 Å². The zero-order valence-corrected chi connectivity index (χ0v) is 13.5. The Hall–Kier alpha value is -2.37. The summed E-state index contributed by atoms with van der Waals surface area (Å²) in [5, 5.41) is 10.3. The molecule has 0 spiro atoms. The van der Waals surface area contributed by atoms with Gasteiger partial charge in [-0.25, -0.2) is 0 Å². The van der Waals surface area contributed by atoms with Crippen molar-refractivity contribution < 1.29 is 9.59 Å². The van der Waals surface area contributed by atoms with Gasteiger partial charge in [-0.1, -0.05) is 31.2 Å². The third kappa shape index (κ3) is 4.31. The number of amides is 2. The lowest BCUT2D eigenvalue weighted by molar-refractivity contribution is -0.138. The minimum Gasteiger partial charge on any atom is -0.384 e. The highest BCUT2D eigenvalue weighted by molar-refractivity contribution is 5.94. The first-order chi connectivity index (χ1) is 11.0. The van der Waals surface area contributed by atoms with Crippen LogP contribution in [0.25, 0.3) is 0 Å². The summed E-state index contributed by atoms with van der Waals surface area (Å²) in [5.41, 5.74) is 7.01. The number of nitrogens with one attached hydrogen (secondary N) is 2. The lowest BCUT2D eigenvalue weighted by Crippen LogP contribution is -2.45. The zero-order valence-electron chi connectivity index (χ0n) is 13.5. The topological polar surface area (TPSA) is 99.3 Å². The molecule has 23 heavy (non-hydrogen) atoms. The largest absolute Gasteiger partial charge is 0.384 e. The zero-order chi connectivity index (χ0) is 16.8. The molecule has 1 aliphatic heterocycles. The number of likely N-dealkylation sites (tertiary alicyclic amines) is 1. The lowest BCUT2D eigenvalue weighted by atomic mass is 10.1. The fourth-order valence-corrected chi connectivity index (χ4v) is 2.80. The summed E-state index contributed by atoms with van der Waals surface area (Å²) in [5.74, 6) is -0.00446. The van der Waals surface area contributed by atoms with Gasteiger partial charge in [0.25, 0.3) is 0 Å². The number of nitrogens with zero attached hydrogens (tertiary/aromatic N) is 1. The average Bonchev–Trinajstić information content (AvgIpc) is 3.03. The average molecular weight is 316 g/mol. The van der Waals surface area contributed by atoms with Crippen LogP contribution in [0.4, 0.5) is 0 Å². The van der Waals surface area contributed by atoms with Gasteiger partial charge < -0.3 is 16.0 Å². The highest BCUT2D eigenvalue weighted by Gasteiger charge is 2.33. The molecule has 1 aromatic carbocycles. The molecule has 4 N–H and O–H groups in total. The quantitative estimate of drug-likeness (QED) is 0.546. The Bertz CT molecular complexity index is 583. The molecule has 124 valence electrons. The molecule has 2 amide bonds. The van der Waals surface area contributed by atoms with E-state index in [9.17, 15) is 9.59 Å². The normalized spacial score (nSPS) is 17.1. The van der Waals surface area contributed by atoms with Crippen LogP contribution in [0.15, 0.2) is 24.3 Å². The third-order valence-electron chi connectivity index (χ3n) is 4.07. The lowest BCUT2D eigenvalue weighted by Gasteiger charge is -2.24. The summed E-state index contributed by atoms with van der Waals surface area (Å²) in [6, 6.07) is 6.86. The van der Waals surface area contributed by atoms with Gasteiger partial charge in [0.2, 0.25) is 11.8 Å². The van der Waals surface area contributed by atoms with E-state index >= 15 is 0 Å². The maximum absolute atomic E-state index is 12.4. The van der Waals surface area contributed by atoms with Crippen LogP contribution >= 0.6 is 0 Å². The first-order valence-electron chi connectivity index (χ1n) is 8.03. The standard InChI is InChI=1S/C17H24N4O2/c1-2-4-15(22)21-10-3-5-14(21)17(23)20-11-12-6-8-13(9-7-12)16(18)19/h6-9,14H,2-5,10-11H2,1H3,(H3,18,19)(H,20,23). The van der Waals surface area contributed by atoms with Gasteiger partial charge in [0, 0.05) is 25.1 Å². The third-order valence-corrected chi connectivity index (χ3v) is 4.07. The molecule has 1 fully saturated rings. The van der Waals surface area contributed by atoms with Gasteiger partial charge in [-0.2, -0.15) is 0 Å². The molecule has 1 heterocycles. The van der Waals surface area contributed by atoms with Gasteiger partial charge in [-0.3, -0.25) is 15.0 Å². The fraction of sp³-hybridized carbons (Fsp3) is 0.471. The number of hydrogen-bond donors (Lipinski definition) is 3. The van der Waals surface area contributed by atoms with Crippen molar-refractivity contribution in [2.45, 2.75) is 45.2 Å². The summed E-state index contributed by atoms with van der Waals surface area (Å²) < 4.78 is 0. The predicted molar refractivity (Wildman–Crippen MR) is 88.9 cm³/mol. The first-order valence-corrected chi connectivity index (χ1v) is 8.03. The van der Waals surface area contributed by atoms with E-state index in [0.29, 0.717) is 25.1 Å². The van der Waals surface area contributed by atoms with Crippen LogP contribution in [0.5, 0.6) is 0 Å². The van der Waals surface area contributed by atoms with Gasteiger partial charge in [-0.05, 0) is 24.8 Å². The summed E-state index contributed by atoms with van der Waals surface area (Å²) in [4.78, 5) is 26.1. The van der Waals surface area contributed by atoms with Crippen LogP contribution in [0, 0.1) is 5.41 Å².